The van der Waals surface area contributed by atoms with Crippen LogP contribution in [0.2, 0.25) is 21.8 Å². The lowest BCUT2D eigenvalue weighted by Crippen LogP contribution is -2.48. The van der Waals surface area contributed by atoms with Crippen molar-refractivity contribution in [3.05, 3.63) is 47.6 Å². The monoisotopic (exact) mass is 431 g/mol. The van der Waals surface area contributed by atoms with Gasteiger partial charge in [0.2, 0.25) is 0 Å². The molecule has 0 saturated heterocycles. The number of hydrogen-bond acceptors (Lipinski definition) is 5. The molecule has 3 rings (SSSR count). The van der Waals surface area contributed by atoms with Crippen LogP contribution in [-0.4, -0.2) is 39.7 Å². The molecule has 0 fully saturated rings. The molecule has 0 unspecified atom stereocenters. The summed E-state index contributed by atoms with van der Waals surface area (Å²) in [5.41, 5.74) is 3.89. The number of pyridine rings is 1. The standard InChI is InChI=1S/C21H30ClN5OSi/c1-14(2)29(15(3)4,16(5)6)28-13-19(17-8-7-9-23-10-17)27-21-18(11-25-27)24-12-20(22)26-21/h7-12,14-16,19H,13H2,1-6H3/t19-/m0/s1. The molecule has 0 N–H and O–H groups in total. The van der Waals surface area contributed by atoms with Crippen LogP contribution in [0.5, 0.6) is 0 Å². The molecule has 0 spiro atoms. The molecular formula is C21H30ClN5OSi. The van der Waals surface area contributed by atoms with E-state index in [1.54, 1.807) is 18.6 Å². The molecule has 3 heterocycles. The summed E-state index contributed by atoms with van der Waals surface area (Å²) in [5, 5.41) is 4.94. The molecule has 0 radical (unpaired) electrons. The summed E-state index contributed by atoms with van der Waals surface area (Å²) in [6, 6.07) is 3.83. The topological polar surface area (TPSA) is 65.7 Å². The predicted octanol–water partition coefficient (Wildman–Crippen LogP) is 5.66. The second-order valence-electron chi connectivity index (χ2n) is 8.42. The van der Waals surface area contributed by atoms with E-state index in [4.69, 9.17) is 16.0 Å². The minimum absolute atomic E-state index is 0.155. The van der Waals surface area contributed by atoms with Crippen LogP contribution in [0.25, 0.3) is 11.2 Å². The molecule has 0 amide bonds. The highest BCUT2D eigenvalue weighted by molar-refractivity contribution is 6.77. The lowest BCUT2D eigenvalue weighted by molar-refractivity contribution is 0.234. The zero-order valence-electron chi connectivity index (χ0n) is 18.0. The molecule has 0 bridgehead atoms. The Balaban J connectivity index is 2.04. The molecule has 0 aliphatic rings. The van der Waals surface area contributed by atoms with Gasteiger partial charge in [-0.3, -0.25) is 4.98 Å². The van der Waals surface area contributed by atoms with Crippen LogP contribution >= 0.6 is 11.6 Å². The number of hydrogen-bond donors (Lipinski definition) is 0. The van der Waals surface area contributed by atoms with Gasteiger partial charge in [-0.15, -0.1) is 0 Å². The first-order valence-corrected chi connectivity index (χ1v) is 12.7. The van der Waals surface area contributed by atoms with Crippen molar-refractivity contribution in [3.63, 3.8) is 0 Å². The van der Waals surface area contributed by atoms with Crippen molar-refractivity contribution < 1.29 is 4.43 Å². The van der Waals surface area contributed by atoms with Crippen LogP contribution in [0.3, 0.4) is 0 Å². The largest absolute Gasteiger partial charge is 0.413 e. The van der Waals surface area contributed by atoms with Crippen molar-refractivity contribution in [1.29, 1.82) is 0 Å². The maximum atomic E-state index is 6.90. The Bertz CT molecular complexity index is 923. The van der Waals surface area contributed by atoms with E-state index in [9.17, 15) is 0 Å². The van der Waals surface area contributed by atoms with Gasteiger partial charge in [-0.2, -0.15) is 5.10 Å². The third kappa shape index (κ3) is 4.22. The first-order valence-electron chi connectivity index (χ1n) is 10.2. The molecule has 1 atom stereocenters. The van der Waals surface area contributed by atoms with E-state index in [-0.39, 0.29) is 6.04 Å². The van der Waals surface area contributed by atoms with Gasteiger partial charge < -0.3 is 4.43 Å². The summed E-state index contributed by atoms with van der Waals surface area (Å²) in [4.78, 5) is 13.1. The van der Waals surface area contributed by atoms with E-state index in [0.29, 0.717) is 39.5 Å². The van der Waals surface area contributed by atoms with Gasteiger partial charge in [0.1, 0.15) is 16.7 Å². The Morgan fingerprint density at radius 2 is 1.72 bits per heavy atom. The zero-order chi connectivity index (χ0) is 21.2. The fourth-order valence-electron chi connectivity index (χ4n) is 4.63. The first kappa shape index (κ1) is 21.9. The Morgan fingerprint density at radius 3 is 2.31 bits per heavy atom. The van der Waals surface area contributed by atoms with Gasteiger partial charge in [0, 0.05) is 12.4 Å². The minimum Gasteiger partial charge on any atom is -0.413 e. The van der Waals surface area contributed by atoms with Gasteiger partial charge in [-0.05, 0) is 28.3 Å². The Labute approximate surface area is 178 Å². The summed E-state index contributed by atoms with van der Waals surface area (Å²) in [6.45, 7) is 14.3. The summed E-state index contributed by atoms with van der Waals surface area (Å²) in [7, 11) is -2.04. The maximum absolute atomic E-state index is 6.90. The Hall–Kier alpha value is -1.83. The molecule has 29 heavy (non-hydrogen) atoms. The van der Waals surface area contributed by atoms with Crippen LogP contribution in [-0.2, 0) is 4.43 Å². The van der Waals surface area contributed by atoms with Crippen LogP contribution in [0.15, 0.2) is 36.9 Å². The number of halogens is 1. The average Bonchev–Trinajstić information content (AvgIpc) is 3.08. The summed E-state index contributed by atoms with van der Waals surface area (Å²) in [6.07, 6.45) is 6.90. The minimum atomic E-state index is -2.04. The van der Waals surface area contributed by atoms with Crippen LogP contribution in [0.4, 0.5) is 0 Å². The smallest absolute Gasteiger partial charge is 0.200 e. The number of rotatable bonds is 8. The highest BCUT2D eigenvalue weighted by Crippen LogP contribution is 2.43. The van der Waals surface area contributed by atoms with E-state index >= 15 is 0 Å². The normalized spacial score (nSPS) is 13.7. The van der Waals surface area contributed by atoms with Crippen LogP contribution < -0.4 is 0 Å². The third-order valence-electron chi connectivity index (χ3n) is 5.84. The van der Waals surface area contributed by atoms with E-state index in [1.807, 2.05) is 16.9 Å². The van der Waals surface area contributed by atoms with E-state index in [0.717, 1.165) is 5.56 Å². The number of nitrogens with zero attached hydrogens (tertiary/aromatic N) is 5. The molecule has 3 aromatic heterocycles. The molecule has 156 valence electrons. The molecule has 0 aliphatic carbocycles. The highest BCUT2D eigenvalue weighted by atomic mass is 35.5. The molecule has 6 nitrogen and oxygen atoms in total. The van der Waals surface area contributed by atoms with Gasteiger partial charge >= 0.3 is 0 Å². The van der Waals surface area contributed by atoms with E-state index in [1.165, 1.54) is 0 Å². The SMILES string of the molecule is CC(C)[Si](OC[C@@H](c1cccnc1)n1ncc2ncc(Cl)nc21)(C(C)C)C(C)C. The number of aromatic nitrogens is 5. The molecular weight excluding hydrogens is 402 g/mol. The van der Waals surface area contributed by atoms with E-state index < -0.39 is 8.32 Å². The Morgan fingerprint density at radius 1 is 1.03 bits per heavy atom. The second kappa shape index (κ2) is 8.89. The Kier molecular flexibility index (Phi) is 6.71. The first-order chi connectivity index (χ1) is 13.8. The van der Waals surface area contributed by atoms with Gasteiger partial charge in [0.15, 0.2) is 14.0 Å². The third-order valence-corrected chi connectivity index (χ3v) is 12.1. The van der Waals surface area contributed by atoms with Gasteiger partial charge in [-0.25, -0.2) is 14.6 Å². The maximum Gasteiger partial charge on any atom is 0.200 e. The van der Waals surface area contributed by atoms with Crippen molar-refractivity contribution in [2.45, 2.75) is 64.2 Å². The van der Waals surface area contributed by atoms with Crippen molar-refractivity contribution in [1.82, 2.24) is 24.7 Å². The molecule has 8 heteroatoms. The quantitative estimate of drug-likeness (QED) is 0.430. The summed E-state index contributed by atoms with van der Waals surface area (Å²) < 4.78 is 8.77. The predicted molar refractivity (Wildman–Crippen MR) is 120 cm³/mol. The van der Waals surface area contributed by atoms with Crippen molar-refractivity contribution in [2.75, 3.05) is 6.61 Å². The fourth-order valence-corrected chi connectivity index (χ4v) is 10.2. The lowest BCUT2D eigenvalue weighted by Gasteiger charge is -2.43. The second-order valence-corrected chi connectivity index (χ2v) is 14.3. The molecule has 0 aromatic carbocycles. The summed E-state index contributed by atoms with van der Waals surface area (Å²) >= 11 is 6.12. The van der Waals surface area contributed by atoms with Crippen molar-refractivity contribution in [2.24, 2.45) is 0 Å². The van der Waals surface area contributed by atoms with Gasteiger partial charge in [0.05, 0.1) is 19.0 Å². The highest BCUT2D eigenvalue weighted by Gasteiger charge is 2.45. The van der Waals surface area contributed by atoms with Crippen LogP contribution in [0, 0.1) is 0 Å². The average molecular weight is 432 g/mol. The zero-order valence-corrected chi connectivity index (χ0v) is 19.8. The molecule has 0 aliphatic heterocycles. The fraction of sp³-hybridized carbons (Fsp3) is 0.524. The number of fused-ring (bicyclic) bond motifs is 1. The van der Waals surface area contributed by atoms with Crippen molar-refractivity contribution in [3.8, 4) is 0 Å². The molecule has 0 saturated carbocycles. The van der Waals surface area contributed by atoms with E-state index in [2.05, 4.69) is 67.7 Å². The summed E-state index contributed by atoms with van der Waals surface area (Å²) in [5.74, 6) is 0. The van der Waals surface area contributed by atoms with Crippen LogP contribution in [0.1, 0.15) is 53.1 Å². The van der Waals surface area contributed by atoms with Crippen molar-refractivity contribution >= 4 is 31.1 Å². The lowest BCUT2D eigenvalue weighted by atomic mass is 10.1. The van der Waals surface area contributed by atoms with Gasteiger partial charge in [-0.1, -0.05) is 59.2 Å². The molecule has 3 aromatic rings. The van der Waals surface area contributed by atoms with Gasteiger partial charge in [0.25, 0.3) is 0 Å².